The average molecular weight is 583 g/mol. The number of hydrogen-bond donors (Lipinski definition) is 3. The molecule has 3 aromatic rings. The predicted octanol–water partition coefficient (Wildman–Crippen LogP) is 3.64. The van der Waals surface area contributed by atoms with Crippen molar-refractivity contribution in [3.05, 3.63) is 47.1 Å². The highest BCUT2D eigenvalue weighted by Gasteiger charge is 2.38. The van der Waals surface area contributed by atoms with Crippen molar-refractivity contribution in [3.63, 3.8) is 0 Å². The molecule has 39 heavy (non-hydrogen) atoms. The predicted molar refractivity (Wildman–Crippen MR) is 140 cm³/mol. The van der Waals surface area contributed by atoms with Gasteiger partial charge in [-0.2, -0.15) is 18.3 Å². The van der Waals surface area contributed by atoms with Gasteiger partial charge in [-0.25, -0.2) is 9.29 Å². The molecule has 0 bridgehead atoms. The molecule has 0 radical (unpaired) electrons. The Morgan fingerprint density at radius 1 is 1.21 bits per heavy atom. The molecule has 2 aromatic heterocycles. The number of H-pyrrole nitrogens is 1. The third-order valence-electron chi connectivity index (χ3n) is 6.70. The quantitative estimate of drug-likeness (QED) is 0.381. The number of benzene rings is 1. The molecule has 1 unspecified atom stereocenters. The van der Waals surface area contributed by atoms with Crippen LogP contribution in [0.1, 0.15) is 29.2 Å². The summed E-state index contributed by atoms with van der Waals surface area (Å²) in [4.78, 5) is 32.2. The molecule has 15 heteroatoms. The number of amides is 2. The molecule has 10 nitrogen and oxygen atoms in total. The maximum Gasteiger partial charge on any atom is 0.435 e. The highest BCUT2D eigenvalue weighted by molar-refractivity contribution is 7.97. The van der Waals surface area contributed by atoms with E-state index in [4.69, 9.17) is 11.6 Å². The van der Waals surface area contributed by atoms with Gasteiger partial charge in [-0.3, -0.25) is 14.7 Å². The minimum Gasteiger partial charge on any atom is -0.339 e. The Bertz CT molecular complexity index is 1360. The van der Waals surface area contributed by atoms with Crippen molar-refractivity contribution < 1.29 is 22.8 Å². The Hall–Kier alpha value is -3.07. The molecular weight excluding hydrogens is 557 g/mol. The normalized spacial score (nSPS) is 18.5. The molecule has 3 N–H and O–H groups in total. The van der Waals surface area contributed by atoms with E-state index in [-0.39, 0.29) is 29.0 Å². The first-order valence-electron chi connectivity index (χ1n) is 12.3. The van der Waals surface area contributed by atoms with Crippen LogP contribution in [0.4, 0.5) is 18.9 Å². The third-order valence-corrected chi connectivity index (χ3v) is 8.30. The highest BCUT2D eigenvalue weighted by Crippen LogP contribution is 2.36. The van der Waals surface area contributed by atoms with Crippen LogP contribution < -0.4 is 10.6 Å². The van der Waals surface area contributed by atoms with Crippen molar-refractivity contribution in [2.75, 3.05) is 38.0 Å². The summed E-state index contributed by atoms with van der Waals surface area (Å²) in [7, 11) is 1.45. The summed E-state index contributed by atoms with van der Waals surface area (Å²) >= 11 is 7.98. The molecule has 2 aliphatic rings. The molecule has 2 saturated heterocycles. The lowest BCUT2D eigenvalue weighted by Gasteiger charge is -2.35. The van der Waals surface area contributed by atoms with Crippen molar-refractivity contribution in [1.29, 1.82) is 0 Å². The van der Waals surface area contributed by atoms with Crippen LogP contribution in [-0.4, -0.2) is 79.5 Å². The molecule has 208 valence electrons. The number of carbonyl (C=O) groups excluding carboxylic acids is 2. The van der Waals surface area contributed by atoms with Gasteiger partial charge in [0.15, 0.2) is 11.5 Å². The Kier molecular flexibility index (Phi) is 7.89. The Morgan fingerprint density at radius 3 is 2.64 bits per heavy atom. The fraction of sp³-hybridized carbons (Fsp3) is 0.417. The van der Waals surface area contributed by atoms with E-state index in [1.54, 1.807) is 18.2 Å². The van der Waals surface area contributed by atoms with Gasteiger partial charge >= 0.3 is 6.18 Å². The molecule has 4 heterocycles. The standard InChI is InChI=1S/C24H26ClF3N8O2S/c1-34-18(15-12-31-33-20(15)24(26,27)28)13-30-21(34)22(37)32-14-4-5-19(16(25)11-14)39-36-9-7-35(8-10-36)23(38)17-3-2-6-29-17/h4-5,11-13,17,29H,2-3,6-10H2,1H3,(H,31,33)(H,32,37). The van der Waals surface area contributed by atoms with Gasteiger partial charge in [0.25, 0.3) is 5.91 Å². The maximum absolute atomic E-state index is 13.3. The lowest BCUT2D eigenvalue weighted by atomic mass is 10.2. The van der Waals surface area contributed by atoms with Gasteiger partial charge in [0.2, 0.25) is 5.91 Å². The van der Waals surface area contributed by atoms with Gasteiger partial charge in [-0.1, -0.05) is 11.6 Å². The van der Waals surface area contributed by atoms with Gasteiger partial charge in [-0.05, 0) is 49.5 Å². The van der Waals surface area contributed by atoms with Gasteiger partial charge in [0.1, 0.15) is 0 Å². The fourth-order valence-corrected chi connectivity index (χ4v) is 5.85. The second kappa shape index (κ2) is 11.2. The number of halogens is 4. The van der Waals surface area contributed by atoms with E-state index in [1.807, 2.05) is 4.90 Å². The van der Waals surface area contributed by atoms with Crippen molar-refractivity contribution >= 4 is 41.1 Å². The first kappa shape index (κ1) is 27.5. The molecule has 2 aliphatic heterocycles. The SMILES string of the molecule is Cn1c(-c2c[nH]nc2C(F)(F)F)cnc1C(=O)Nc1ccc(SN2CCN(C(=O)C3CCCN3)CC2)c(Cl)c1. The molecule has 0 spiro atoms. The summed E-state index contributed by atoms with van der Waals surface area (Å²) in [5, 5.41) is 11.9. The van der Waals surface area contributed by atoms with Gasteiger partial charge in [0.05, 0.1) is 28.5 Å². The number of nitrogens with one attached hydrogen (secondary N) is 3. The molecule has 2 fully saturated rings. The number of anilines is 1. The van der Waals surface area contributed by atoms with Crippen molar-refractivity contribution in [2.45, 2.75) is 30.0 Å². The number of imidazole rings is 1. The number of hydrogen-bond acceptors (Lipinski definition) is 7. The number of aromatic amines is 1. The zero-order valence-corrected chi connectivity index (χ0v) is 22.5. The Morgan fingerprint density at radius 2 is 1.97 bits per heavy atom. The van der Waals surface area contributed by atoms with Crippen LogP contribution in [0.3, 0.4) is 0 Å². The van der Waals surface area contributed by atoms with Crippen LogP contribution in [0.25, 0.3) is 11.3 Å². The molecule has 1 atom stereocenters. The smallest absolute Gasteiger partial charge is 0.339 e. The minimum absolute atomic E-state index is 0.0678. The number of nitrogens with zero attached hydrogens (tertiary/aromatic N) is 5. The fourth-order valence-electron chi connectivity index (χ4n) is 4.67. The summed E-state index contributed by atoms with van der Waals surface area (Å²) < 4.78 is 43.2. The Labute approximate surface area is 231 Å². The van der Waals surface area contributed by atoms with Crippen molar-refractivity contribution in [3.8, 4) is 11.3 Å². The molecule has 1 aromatic carbocycles. The van der Waals surface area contributed by atoms with Crippen LogP contribution in [0.2, 0.25) is 5.02 Å². The number of alkyl halides is 3. The van der Waals surface area contributed by atoms with Crippen LogP contribution in [0.5, 0.6) is 0 Å². The van der Waals surface area contributed by atoms with E-state index in [0.29, 0.717) is 36.9 Å². The lowest BCUT2D eigenvalue weighted by Crippen LogP contribution is -2.51. The van der Waals surface area contributed by atoms with Crippen molar-refractivity contribution in [1.82, 2.24) is 34.3 Å². The maximum atomic E-state index is 13.3. The summed E-state index contributed by atoms with van der Waals surface area (Å²) in [6, 6.07) is 5.02. The second-order valence-corrected chi connectivity index (χ2v) is 10.8. The zero-order valence-electron chi connectivity index (χ0n) is 20.9. The van der Waals surface area contributed by atoms with E-state index in [1.165, 1.54) is 29.8 Å². The average Bonchev–Trinajstić information content (AvgIpc) is 3.66. The molecular formula is C24H26ClF3N8O2S. The number of aromatic nitrogens is 4. The first-order valence-corrected chi connectivity index (χ1v) is 13.5. The highest BCUT2D eigenvalue weighted by atomic mass is 35.5. The topological polar surface area (TPSA) is 111 Å². The van der Waals surface area contributed by atoms with Crippen molar-refractivity contribution in [2.24, 2.45) is 7.05 Å². The molecule has 0 saturated carbocycles. The number of carbonyl (C=O) groups is 2. The Balaban J connectivity index is 1.19. The number of piperazine rings is 1. The minimum atomic E-state index is -4.66. The van der Waals surface area contributed by atoms with Gasteiger partial charge in [-0.15, -0.1) is 0 Å². The lowest BCUT2D eigenvalue weighted by molar-refractivity contribution is -0.140. The summed E-state index contributed by atoms with van der Waals surface area (Å²) in [5.74, 6) is -0.510. The van der Waals surface area contributed by atoms with E-state index in [9.17, 15) is 22.8 Å². The largest absolute Gasteiger partial charge is 0.435 e. The van der Waals surface area contributed by atoms with Crippen LogP contribution in [0.15, 0.2) is 35.5 Å². The molecule has 0 aliphatic carbocycles. The molecule has 2 amide bonds. The summed E-state index contributed by atoms with van der Waals surface area (Å²) in [6.07, 6.45) is -0.437. The van der Waals surface area contributed by atoms with E-state index in [0.717, 1.165) is 30.5 Å². The van der Waals surface area contributed by atoms with Gasteiger partial charge in [0, 0.05) is 50.0 Å². The van der Waals surface area contributed by atoms with Gasteiger partial charge < -0.3 is 20.1 Å². The van der Waals surface area contributed by atoms with E-state index >= 15 is 0 Å². The second-order valence-electron chi connectivity index (χ2n) is 9.27. The van der Waals surface area contributed by atoms with Crippen LogP contribution in [-0.2, 0) is 18.0 Å². The molecule has 5 rings (SSSR count). The third kappa shape index (κ3) is 5.93. The first-order chi connectivity index (χ1) is 18.6. The van der Waals surface area contributed by atoms with Crippen LogP contribution in [0, 0.1) is 0 Å². The monoisotopic (exact) mass is 582 g/mol. The summed E-state index contributed by atoms with van der Waals surface area (Å²) in [6.45, 7) is 3.58. The van der Waals surface area contributed by atoms with E-state index < -0.39 is 17.8 Å². The summed E-state index contributed by atoms with van der Waals surface area (Å²) in [5.41, 5.74) is -0.789. The zero-order chi connectivity index (χ0) is 27.7. The number of rotatable bonds is 6. The van der Waals surface area contributed by atoms with Crippen LogP contribution >= 0.6 is 23.5 Å². The van der Waals surface area contributed by atoms with E-state index in [2.05, 4.69) is 30.1 Å².